The zero-order chi connectivity index (χ0) is 14.7. The predicted octanol–water partition coefficient (Wildman–Crippen LogP) is 4.34. The summed E-state index contributed by atoms with van der Waals surface area (Å²) >= 11 is 5.94. The quantitative estimate of drug-likeness (QED) is 0.850. The molecule has 0 bridgehead atoms. The van der Waals surface area contributed by atoms with E-state index in [1.54, 1.807) is 36.4 Å². The Morgan fingerprint density at radius 1 is 1.30 bits per heavy atom. The normalized spacial score (nSPS) is 11.3. The molecule has 0 aliphatic rings. The summed E-state index contributed by atoms with van der Waals surface area (Å²) in [6.45, 7) is 7.32. The Labute approximate surface area is 121 Å². The van der Waals surface area contributed by atoms with Crippen molar-refractivity contribution in [3.63, 3.8) is 0 Å². The molecule has 0 saturated carbocycles. The summed E-state index contributed by atoms with van der Waals surface area (Å²) in [4.78, 5) is 15.8. The Hall–Kier alpha value is -2.39. The highest BCUT2D eigenvalue weighted by Crippen LogP contribution is 2.25. The molecular weight excluding hydrogens is 274 g/mol. The van der Waals surface area contributed by atoms with Crippen LogP contribution in [-0.2, 0) is 0 Å². The number of allylic oxidation sites excluding steroid dienone is 4. The summed E-state index contributed by atoms with van der Waals surface area (Å²) in [6, 6.07) is 6.46. The van der Waals surface area contributed by atoms with Gasteiger partial charge in [0.05, 0.1) is 16.8 Å². The van der Waals surface area contributed by atoms with Crippen molar-refractivity contribution in [3.05, 3.63) is 71.9 Å². The molecule has 3 nitrogen and oxygen atoms in total. The predicted molar refractivity (Wildman–Crippen MR) is 82.1 cm³/mol. The standard InChI is InChI=1S/C16H12ClNO2/c1-3-5-10(4-2)14-9-13(16(19)20)12-7-6-11(17)8-15(12)18-14/h3-9H,1-2H2,(H,19,20)/b10-5+. The molecule has 1 aromatic carbocycles. The number of carboxylic acids is 1. The monoisotopic (exact) mass is 285 g/mol. The summed E-state index contributed by atoms with van der Waals surface area (Å²) in [7, 11) is 0. The molecule has 2 rings (SSSR count). The molecule has 0 saturated heterocycles. The van der Waals surface area contributed by atoms with Crippen molar-refractivity contribution in [2.75, 3.05) is 0 Å². The molecule has 0 amide bonds. The Morgan fingerprint density at radius 2 is 2.05 bits per heavy atom. The smallest absolute Gasteiger partial charge is 0.336 e. The van der Waals surface area contributed by atoms with E-state index in [2.05, 4.69) is 18.1 Å². The van der Waals surface area contributed by atoms with Gasteiger partial charge in [0.25, 0.3) is 0 Å². The van der Waals surface area contributed by atoms with E-state index in [0.717, 1.165) is 0 Å². The zero-order valence-corrected chi connectivity index (χ0v) is 11.4. The van der Waals surface area contributed by atoms with E-state index in [0.29, 0.717) is 27.2 Å². The molecule has 0 spiro atoms. The van der Waals surface area contributed by atoms with Gasteiger partial charge < -0.3 is 5.11 Å². The summed E-state index contributed by atoms with van der Waals surface area (Å²) in [6.07, 6.45) is 4.92. The van der Waals surface area contributed by atoms with Crippen molar-refractivity contribution >= 4 is 34.0 Å². The maximum absolute atomic E-state index is 11.4. The lowest BCUT2D eigenvalue weighted by molar-refractivity contribution is 0.0699. The Kier molecular flexibility index (Phi) is 4.01. The van der Waals surface area contributed by atoms with Crippen LogP contribution in [0.25, 0.3) is 16.5 Å². The Morgan fingerprint density at radius 3 is 2.65 bits per heavy atom. The van der Waals surface area contributed by atoms with Crippen LogP contribution in [0, 0.1) is 0 Å². The molecule has 0 atom stereocenters. The summed E-state index contributed by atoms with van der Waals surface area (Å²) in [5, 5.41) is 10.4. The minimum atomic E-state index is -1.01. The van der Waals surface area contributed by atoms with Gasteiger partial charge >= 0.3 is 5.97 Å². The van der Waals surface area contributed by atoms with Gasteiger partial charge in [0.15, 0.2) is 0 Å². The average molecular weight is 286 g/mol. The Bertz CT molecular complexity index is 747. The molecule has 2 aromatic rings. The third-order valence-corrected chi connectivity index (χ3v) is 3.05. The molecular formula is C16H12ClNO2. The molecule has 4 heteroatoms. The second-order valence-electron chi connectivity index (χ2n) is 4.08. The van der Waals surface area contributed by atoms with Gasteiger partial charge in [0.1, 0.15) is 0 Å². The topological polar surface area (TPSA) is 50.2 Å². The summed E-state index contributed by atoms with van der Waals surface area (Å²) in [5.41, 5.74) is 1.93. The highest BCUT2D eigenvalue weighted by Gasteiger charge is 2.13. The molecule has 20 heavy (non-hydrogen) atoms. The first kappa shape index (κ1) is 14.0. The average Bonchev–Trinajstić information content (AvgIpc) is 2.42. The van der Waals surface area contributed by atoms with E-state index in [4.69, 9.17) is 11.6 Å². The highest BCUT2D eigenvalue weighted by atomic mass is 35.5. The van der Waals surface area contributed by atoms with Crippen LogP contribution in [0.3, 0.4) is 0 Å². The zero-order valence-electron chi connectivity index (χ0n) is 10.6. The molecule has 0 unspecified atom stereocenters. The lowest BCUT2D eigenvalue weighted by Gasteiger charge is -2.07. The van der Waals surface area contributed by atoms with Crippen LogP contribution < -0.4 is 0 Å². The first-order chi connectivity index (χ1) is 9.56. The molecule has 1 aromatic heterocycles. The number of pyridine rings is 1. The van der Waals surface area contributed by atoms with E-state index in [1.807, 2.05) is 0 Å². The molecule has 0 aliphatic carbocycles. The van der Waals surface area contributed by atoms with E-state index in [-0.39, 0.29) is 5.56 Å². The second kappa shape index (κ2) is 5.72. The number of carbonyl (C=O) groups is 1. The van der Waals surface area contributed by atoms with Gasteiger partial charge in [0.2, 0.25) is 0 Å². The maximum atomic E-state index is 11.4. The molecule has 0 aliphatic heterocycles. The summed E-state index contributed by atoms with van der Waals surface area (Å²) < 4.78 is 0. The number of hydrogen-bond acceptors (Lipinski definition) is 2. The number of nitrogens with zero attached hydrogens (tertiary/aromatic N) is 1. The molecule has 0 fully saturated rings. The maximum Gasteiger partial charge on any atom is 0.336 e. The van der Waals surface area contributed by atoms with Gasteiger partial charge in [-0.3, -0.25) is 0 Å². The van der Waals surface area contributed by atoms with Crippen molar-refractivity contribution in [2.24, 2.45) is 0 Å². The Balaban J connectivity index is 2.81. The van der Waals surface area contributed by atoms with Crippen molar-refractivity contribution in [1.82, 2.24) is 4.98 Å². The van der Waals surface area contributed by atoms with E-state index in [1.165, 1.54) is 6.07 Å². The van der Waals surface area contributed by atoms with E-state index < -0.39 is 5.97 Å². The number of aromatic carboxylic acids is 1. The second-order valence-corrected chi connectivity index (χ2v) is 4.52. The number of aromatic nitrogens is 1. The van der Waals surface area contributed by atoms with Crippen molar-refractivity contribution < 1.29 is 9.90 Å². The molecule has 1 N–H and O–H groups in total. The van der Waals surface area contributed by atoms with Crippen molar-refractivity contribution in [3.8, 4) is 0 Å². The van der Waals surface area contributed by atoms with Crippen molar-refractivity contribution in [1.29, 1.82) is 0 Å². The van der Waals surface area contributed by atoms with Gasteiger partial charge in [-0.05, 0) is 23.8 Å². The number of benzene rings is 1. The number of rotatable bonds is 4. The van der Waals surface area contributed by atoms with Gasteiger partial charge in [-0.15, -0.1) is 0 Å². The van der Waals surface area contributed by atoms with Crippen LogP contribution in [0.2, 0.25) is 5.02 Å². The number of halogens is 1. The van der Waals surface area contributed by atoms with Gasteiger partial charge in [-0.25, -0.2) is 9.78 Å². The fourth-order valence-electron chi connectivity index (χ4n) is 1.91. The third-order valence-electron chi connectivity index (χ3n) is 2.82. The highest BCUT2D eigenvalue weighted by molar-refractivity contribution is 6.31. The largest absolute Gasteiger partial charge is 0.478 e. The van der Waals surface area contributed by atoms with Crippen LogP contribution in [0.4, 0.5) is 0 Å². The van der Waals surface area contributed by atoms with Crippen LogP contribution in [0.1, 0.15) is 16.1 Å². The minimum absolute atomic E-state index is 0.179. The SMILES string of the molecule is C=C/C=C(\C=C)c1cc(C(=O)O)c2ccc(Cl)cc2n1. The molecule has 0 radical (unpaired) electrons. The number of fused-ring (bicyclic) bond motifs is 1. The lowest BCUT2D eigenvalue weighted by atomic mass is 10.0. The first-order valence-electron chi connectivity index (χ1n) is 5.86. The van der Waals surface area contributed by atoms with E-state index >= 15 is 0 Å². The van der Waals surface area contributed by atoms with Gasteiger partial charge in [0, 0.05) is 10.4 Å². The van der Waals surface area contributed by atoms with E-state index in [9.17, 15) is 9.90 Å². The van der Waals surface area contributed by atoms with Gasteiger partial charge in [-0.1, -0.05) is 49.1 Å². The lowest BCUT2D eigenvalue weighted by Crippen LogP contribution is -2.01. The van der Waals surface area contributed by atoms with Crippen LogP contribution in [-0.4, -0.2) is 16.1 Å². The van der Waals surface area contributed by atoms with Crippen LogP contribution in [0.15, 0.2) is 55.7 Å². The first-order valence-corrected chi connectivity index (χ1v) is 6.23. The number of carboxylic acid groups (broad SMARTS) is 1. The molecule has 100 valence electrons. The summed E-state index contributed by atoms with van der Waals surface area (Å²) in [5.74, 6) is -1.01. The molecule has 1 heterocycles. The van der Waals surface area contributed by atoms with Crippen LogP contribution in [0.5, 0.6) is 0 Å². The minimum Gasteiger partial charge on any atom is -0.478 e. The fraction of sp³-hybridized carbons (Fsp3) is 0. The fourth-order valence-corrected chi connectivity index (χ4v) is 2.08. The third kappa shape index (κ3) is 2.63. The van der Waals surface area contributed by atoms with Crippen molar-refractivity contribution in [2.45, 2.75) is 0 Å². The van der Waals surface area contributed by atoms with Crippen LogP contribution >= 0.6 is 11.6 Å². The van der Waals surface area contributed by atoms with Gasteiger partial charge in [-0.2, -0.15) is 0 Å². The number of hydrogen-bond donors (Lipinski definition) is 1.